The highest BCUT2D eigenvalue weighted by atomic mass is 32.1. The molecule has 0 spiro atoms. The lowest BCUT2D eigenvalue weighted by atomic mass is 9.82. The van der Waals surface area contributed by atoms with Crippen molar-refractivity contribution < 1.29 is 0 Å². The molecule has 1 aromatic heterocycles. The predicted molar refractivity (Wildman–Crippen MR) is 58.2 cm³/mol. The monoisotopic (exact) mass is 195 g/mol. The molecular formula is C11H17NS. The normalized spacial score (nSPS) is 27.2. The zero-order chi connectivity index (χ0) is 9.10. The third-order valence-corrected chi connectivity index (χ3v) is 3.53. The average Bonchev–Trinajstić information content (AvgIpc) is 2.53. The van der Waals surface area contributed by atoms with Crippen molar-refractivity contribution in [2.24, 2.45) is 5.92 Å². The van der Waals surface area contributed by atoms with Crippen LogP contribution in [0, 0.1) is 5.92 Å². The van der Waals surface area contributed by atoms with Crippen molar-refractivity contribution in [2.75, 3.05) is 6.54 Å². The van der Waals surface area contributed by atoms with Gasteiger partial charge in [-0.25, -0.2) is 0 Å². The summed E-state index contributed by atoms with van der Waals surface area (Å²) >= 11 is 1.79. The van der Waals surface area contributed by atoms with E-state index in [9.17, 15) is 0 Å². The standard InChI is InChI=1S/C11H17NS/c1-9-6-11(7-9)12-4-2-10-3-5-13-8-10/h3,5,8-9,11-12H,2,4,6-7H2,1H3. The summed E-state index contributed by atoms with van der Waals surface area (Å²) in [6, 6.07) is 3.03. The molecule has 2 rings (SSSR count). The van der Waals surface area contributed by atoms with Gasteiger partial charge in [-0.1, -0.05) is 6.92 Å². The van der Waals surface area contributed by atoms with Gasteiger partial charge in [0.15, 0.2) is 0 Å². The van der Waals surface area contributed by atoms with Gasteiger partial charge in [0.1, 0.15) is 0 Å². The topological polar surface area (TPSA) is 12.0 Å². The van der Waals surface area contributed by atoms with Gasteiger partial charge in [0.25, 0.3) is 0 Å². The van der Waals surface area contributed by atoms with Gasteiger partial charge < -0.3 is 5.32 Å². The van der Waals surface area contributed by atoms with Crippen LogP contribution in [-0.2, 0) is 6.42 Å². The SMILES string of the molecule is CC1CC(NCCc2ccsc2)C1. The summed E-state index contributed by atoms with van der Waals surface area (Å²) in [5, 5.41) is 7.99. The molecule has 1 aliphatic carbocycles. The van der Waals surface area contributed by atoms with Crippen molar-refractivity contribution in [1.82, 2.24) is 5.32 Å². The summed E-state index contributed by atoms with van der Waals surface area (Å²) < 4.78 is 0. The average molecular weight is 195 g/mol. The van der Waals surface area contributed by atoms with Crippen LogP contribution in [-0.4, -0.2) is 12.6 Å². The molecule has 0 unspecified atom stereocenters. The number of nitrogens with one attached hydrogen (secondary N) is 1. The molecule has 1 saturated carbocycles. The Bertz CT molecular complexity index is 237. The number of rotatable bonds is 4. The van der Waals surface area contributed by atoms with Crippen molar-refractivity contribution in [1.29, 1.82) is 0 Å². The summed E-state index contributed by atoms with van der Waals surface area (Å²) in [6.07, 6.45) is 3.95. The van der Waals surface area contributed by atoms with Crippen LogP contribution in [0.5, 0.6) is 0 Å². The van der Waals surface area contributed by atoms with Crippen LogP contribution in [0.3, 0.4) is 0 Å². The van der Waals surface area contributed by atoms with Crippen molar-refractivity contribution in [3.8, 4) is 0 Å². The van der Waals surface area contributed by atoms with E-state index >= 15 is 0 Å². The molecule has 2 heteroatoms. The van der Waals surface area contributed by atoms with Gasteiger partial charge >= 0.3 is 0 Å². The molecule has 1 nitrogen and oxygen atoms in total. The number of hydrogen-bond acceptors (Lipinski definition) is 2. The lowest BCUT2D eigenvalue weighted by Crippen LogP contribution is -2.40. The second-order valence-electron chi connectivity index (χ2n) is 4.11. The van der Waals surface area contributed by atoms with E-state index in [1.165, 1.54) is 24.8 Å². The molecule has 0 saturated heterocycles. The first kappa shape index (κ1) is 9.22. The lowest BCUT2D eigenvalue weighted by Gasteiger charge is -2.33. The van der Waals surface area contributed by atoms with E-state index in [1.54, 1.807) is 11.3 Å². The minimum absolute atomic E-state index is 0.814. The van der Waals surface area contributed by atoms with Crippen LogP contribution < -0.4 is 5.32 Å². The molecule has 0 radical (unpaired) electrons. The smallest absolute Gasteiger partial charge is 0.00722 e. The van der Waals surface area contributed by atoms with E-state index in [2.05, 4.69) is 29.1 Å². The van der Waals surface area contributed by atoms with Crippen molar-refractivity contribution in [2.45, 2.75) is 32.2 Å². The maximum atomic E-state index is 3.59. The minimum atomic E-state index is 0.814. The molecule has 1 aliphatic rings. The van der Waals surface area contributed by atoms with Crippen molar-refractivity contribution in [3.05, 3.63) is 22.4 Å². The quantitative estimate of drug-likeness (QED) is 0.779. The highest BCUT2D eigenvalue weighted by molar-refractivity contribution is 7.07. The third-order valence-electron chi connectivity index (χ3n) is 2.80. The largest absolute Gasteiger partial charge is 0.314 e. The number of thiophene rings is 1. The summed E-state index contributed by atoms with van der Waals surface area (Å²) in [4.78, 5) is 0. The third kappa shape index (κ3) is 2.55. The van der Waals surface area contributed by atoms with Crippen molar-refractivity contribution >= 4 is 11.3 Å². The van der Waals surface area contributed by atoms with Crippen LogP contribution in [0.1, 0.15) is 25.3 Å². The molecule has 72 valence electrons. The second kappa shape index (κ2) is 4.25. The first-order chi connectivity index (χ1) is 6.34. The number of hydrogen-bond donors (Lipinski definition) is 1. The highest BCUT2D eigenvalue weighted by Crippen LogP contribution is 2.26. The van der Waals surface area contributed by atoms with Crippen LogP contribution in [0.15, 0.2) is 16.8 Å². The summed E-state index contributed by atoms with van der Waals surface area (Å²) in [7, 11) is 0. The Morgan fingerprint density at radius 2 is 2.38 bits per heavy atom. The van der Waals surface area contributed by atoms with Crippen LogP contribution in [0.2, 0.25) is 0 Å². The fraction of sp³-hybridized carbons (Fsp3) is 0.636. The zero-order valence-electron chi connectivity index (χ0n) is 8.12. The first-order valence-corrected chi connectivity index (χ1v) is 6.03. The van der Waals surface area contributed by atoms with Gasteiger partial charge in [-0.05, 0) is 54.1 Å². The van der Waals surface area contributed by atoms with E-state index < -0.39 is 0 Å². The Hall–Kier alpha value is -0.340. The predicted octanol–water partition coefficient (Wildman–Crippen LogP) is 2.68. The Balaban J connectivity index is 1.59. The molecule has 13 heavy (non-hydrogen) atoms. The molecule has 0 bridgehead atoms. The molecule has 0 amide bonds. The molecule has 1 N–H and O–H groups in total. The van der Waals surface area contributed by atoms with Gasteiger partial charge in [-0.15, -0.1) is 0 Å². The summed E-state index contributed by atoms with van der Waals surface area (Å²) in [5.41, 5.74) is 1.48. The van der Waals surface area contributed by atoms with Crippen LogP contribution in [0.25, 0.3) is 0 Å². The van der Waals surface area contributed by atoms with Gasteiger partial charge in [0.2, 0.25) is 0 Å². The van der Waals surface area contributed by atoms with Crippen LogP contribution in [0.4, 0.5) is 0 Å². The first-order valence-electron chi connectivity index (χ1n) is 5.09. The highest BCUT2D eigenvalue weighted by Gasteiger charge is 2.23. The fourth-order valence-corrected chi connectivity index (χ4v) is 2.63. The van der Waals surface area contributed by atoms with E-state index in [0.29, 0.717) is 0 Å². The van der Waals surface area contributed by atoms with Gasteiger partial charge in [0.05, 0.1) is 0 Å². The molecule has 0 aliphatic heterocycles. The van der Waals surface area contributed by atoms with E-state index in [1.807, 2.05) is 0 Å². The van der Waals surface area contributed by atoms with Gasteiger partial charge in [0, 0.05) is 6.04 Å². The Morgan fingerprint density at radius 3 is 3.00 bits per heavy atom. The van der Waals surface area contributed by atoms with Gasteiger partial charge in [-0.3, -0.25) is 0 Å². The minimum Gasteiger partial charge on any atom is -0.314 e. The Labute approximate surface area is 84.2 Å². The Kier molecular flexibility index (Phi) is 3.01. The molecular weight excluding hydrogens is 178 g/mol. The zero-order valence-corrected chi connectivity index (χ0v) is 8.94. The molecule has 0 atom stereocenters. The lowest BCUT2D eigenvalue weighted by molar-refractivity contribution is 0.243. The summed E-state index contributed by atoms with van der Waals surface area (Å²) in [6.45, 7) is 3.48. The maximum Gasteiger partial charge on any atom is 0.00722 e. The molecule has 1 aromatic rings. The molecule has 0 aromatic carbocycles. The Morgan fingerprint density at radius 1 is 1.54 bits per heavy atom. The van der Waals surface area contributed by atoms with E-state index in [-0.39, 0.29) is 0 Å². The van der Waals surface area contributed by atoms with Gasteiger partial charge in [-0.2, -0.15) is 11.3 Å². The van der Waals surface area contributed by atoms with Crippen molar-refractivity contribution in [3.63, 3.8) is 0 Å². The second-order valence-corrected chi connectivity index (χ2v) is 4.89. The van der Waals surface area contributed by atoms with Crippen LogP contribution >= 0.6 is 11.3 Å². The fourth-order valence-electron chi connectivity index (χ4n) is 1.92. The van der Waals surface area contributed by atoms with E-state index in [0.717, 1.165) is 18.5 Å². The summed E-state index contributed by atoms with van der Waals surface area (Å²) in [5.74, 6) is 0.957. The maximum absolute atomic E-state index is 3.59. The van der Waals surface area contributed by atoms with E-state index in [4.69, 9.17) is 0 Å². The molecule has 1 fully saturated rings. The molecule has 1 heterocycles.